The molecule has 1 unspecified atom stereocenters. The van der Waals surface area contributed by atoms with Crippen LogP contribution in [0.2, 0.25) is 5.02 Å². The van der Waals surface area contributed by atoms with Gasteiger partial charge >= 0.3 is 12.3 Å². The molecule has 0 bridgehead atoms. The van der Waals surface area contributed by atoms with Crippen LogP contribution in [0.4, 0.5) is 29.7 Å². The molecule has 1 aliphatic rings. The van der Waals surface area contributed by atoms with Gasteiger partial charge in [0.15, 0.2) is 0 Å². The lowest BCUT2D eigenvalue weighted by molar-refractivity contribution is -0.137. The predicted molar refractivity (Wildman–Crippen MR) is 113 cm³/mol. The van der Waals surface area contributed by atoms with Crippen molar-refractivity contribution in [2.24, 2.45) is 0 Å². The molecule has 14 heteroatoms. The van der Waals surface area contributed by atoms with Gasteiger partial charge < -0.3 is 19.7 Å². The number of carbonyl (C=O) groups is 1. The summed E-state index contributed by atoms with van der Waals surface area (Å²) in [5.41, 5.74) is -0.931. The molecule has 3 heterocycles. The number of aliphatic hydroxyl groups is 1. The number of anilines is 2. The fraction of sp³-hybridized carbons (Fsp3) is 0.350. The largest absolute Gasteiger partial charge is 0.447 e. The summed E-state index contributed by atoms with van der Waals surface area (Å²) in [5, 5.41) is 16.1. The Labute approximate surface area is 195 Å². The maximum absolute atomic E-state index is 13.1. The molecule has 1 aliphatic heterocycles. The minimum absolute atomic E-state index is 0.0190. The number of ether oxygens (including phenoxy) is 1. The zero-order valence-corrected chi connectivity index (χ0v) is 18.5. The van der Waals surface area contributed by atoms with Crippen LogP contribution in [0.5, 0.6) is 0 Å². The number of aliphatic hydroxyl groups excluding tert-OH is 1. The van der Waals surface area contributed by atoms with E-state index < -0.39 is 41.0 Å². The Morgan fingerprint density at radius 3 is 2.74 bits per heavy atom. The quantitative estimate of drug-likeness (QED) is 0.516. The van der Waals surface area contributed by atoms with Crippen molar-refractivity contribution >= 4 is 29.5 Å². The van der Waals surface area contributed by atoms with Crippen LogP contribution in [-0.4, -0.2) is 50.1 Å². The molecule has 34 heavy (non-hydrogen) atoms. The van der Waals surface area contributed by atoms with Crippen molar-refractivity contribution in [3.63, 3.8) is 0 Å². The van der Waals surface area contributed by atoms with E-state index in [9.17, 15) is 23.1 Å². The molecule has 10 nitrogen and oxygen atoms in total. The third-order valence-corrected chi connectivity index (χ3v) is 5.37. The first kappa shape index (κ1) is 23.7. The molecule has 2 N–H and O–H groups in total. The van der Waals surface area contributed by atoms with Gasteiger partial charge in [-0.25, -0.2) is 9.78 Å². The minimum Gasteiger partial charge on any atom is -0.447 e. The first-order chi connectivity index (χ1) is 16.0. The van der Waals surface area contributed by atoms with Gasteiger partial charge in [-0.3, -0.25) is 4.90 Å². The zero-order chi connectivity index (χ0) is 24.6. The van der Waals surface area contributed by atoms with Gasteiger partial charge in [0.2, 0.25) is 17.7 Å². The molecular formula is C20H18ClF3N6O4. The minimum atomic E-state index is -4.63. The summed E-state index contributed by atoms with van der Waals surface area (Å²) in [7, 11) is 0. The number of aromatic nitrogens is 4. The zero-order valence-electron chi connectivity index (χ0n) is 17.7. The van der Waals surface area contributed by atoms with E-state index in [4.69, 9.17) is 20.9 Å². The smallest absolute Gasteiger partial charge is 0.417 e. The van der Waals surface area contributed by atoms with E-state index in [1.165, 1.54) is 30.2 Å². The van der Waals surface area contributed by atoms with Gasteiger partial charge in [0.05, 0.1) is 16.7 Å². The molecule has 1 fully saturated rings. The lowest BCUT2D eigenvalue weighted by Gasteiger charge is -2.22. The van der Waals surface area contributed by atoms with E-state index in [0.717, 1.165) is 12.1 Å². The topological polar surface area (TPSA) is 127 Å². The molecule has 3 atom stereocenters. The second-order valence-electron chi connectivity index (χ2n) is 7.51. The van der Waals surface area contributed by atoms with Crippen molar-refractivity contribution in [2.45, 2.75) is 38.2 Å². The number of nitrogens with zero attached hydrogens (tertiary/aromatic N) is 5. The van der Waals surface area contributed by atoms with Gasteiger partial charge in [0.25, 0.3) is 0 Å². The Hall–Kier alpha value is -3.45. The van der Waals surface area contributed by atoms with Crippen molar-refractivity contribution in [2.75, 3.05) is 16.8 Å². The summed E-state index contributed by atoms with van der Waals surface area (Å²) in [6.45, 7) is 3.21. The third kappa shape index (κ3) is 4.75. The molecule has 0 radical (unpaired) electrons. The number of amides is 1. The van der Waals surface area contributed by atoms with E-state index in [2.05, 4.69) is 25.4 Å². The normalized spacial score (nSPS) is 18.0. The predicted octanol–water partition coefficient (Wildman–Crippen LogP) is 4.08. The van der Waals surface area contributed by atoms with E-state index in [-0.39, 0.29) is 35.7 Å². The standard InChI is InChI=1S/C20H18ClF3N6O4/c1-9(17-28-16(29-34-17)11-3-4-13(21)12(7-11)20(22,23)24)26-18-25-6-5-15(27-18)30-14(10(2)31)8-33-19(30)32/h3-7,9-10,14,31H,8H2,1-2H3,(H,25,26,27)/t9-,10+,14?/m0/s1. The van der Waals surface area contributed by atoms with Crippen molar-refractivity contribution in [1.29, 1.82) is 0 Å². The highest BCUT2D eigenvalue weighted by atomic mass is 35.5. The SMILES string of the molecule is C[C@H](Nc1nccc(N2C(=O)OCC2[C@@H](C)O)n1)c1nc(-c2ccc(Cl)c(C(F)(F)F)c2)no1. The average molecular weight is 499 g/mol. The fourth-order valence-electron chi connectivity index (χ4n) is 3.27. The Morgan fingerprint density at radius 1 is 1.26 bits per heavy atom. The lowest BCUT2D eigenvalue weighted by atomic mass is 10.1. The number of halogens is 4. The second kappa shape index (κ2) is 9.06. The van der Waals surface area contributed by atoms with Crippen LogP contribution in [0.15, 0.2) is 35.0 Å². The Balaban J connectivity index is 1.53. The van der Waals surface area contributed by atoms with Crippen LogP contribution in [0.25, 0.3) is 11.4 Å². The Kier molecular flexibility index (Phi) is 6.32. The van der Waals surface area contributed by atoms with Crippen LogP contribution >= 0.6 is 11.6 Å². The summed E-state index contributed by atoms with van der Waals surface area (Å²) in [4.78, 5) is 25.8. The van der Waals surface area contributed by atoms with Crippen LogP contribution in [-0.2, 0) is 10.9 Å². The molecule has 0 saturated carbocycles. The molecule has 4 rings (SSSR count). The molecule has 1 aromatic carbocycles. The Morgan fingerprint density at radius 2 is 2.03 bits per heavy atom. The van der Waals surface area contributed by atoms with Crippen molar-refractivity contribution in [3.05, 3.63) is 46.9 Å². The van der Waals surface area contributed by atoms with Gasteiger partial charge in [-0.2, -0.15) is 23.1 Å². The van der Waals surface area contributed by atoms with E-state index in [1.807, 2.05) is 0 Å². The first-order valence-electron chi connectivity index (χ1n) is 9.99. The maximum atomic E-state index is 13.1. The summed E-state index contributed by atoms with van der Waals surface area (Å²) < 4.78 is 49.6. The Bertz CT molecular complexity index is 1210. The monoisotopic (exact) mass is 498 g/mol. The number of carbonyl (C=O) groups excluding carboxylic acids is 1. The summed E-state index contributed by atoms with van der Waals surface area (Å²) in [6, 6.07) is 3.55. The molecule has 0 spiro atoms. The average Bonchev–Trinajstić information content (AvgIpc) is 3.41. The van der Waals surface area contributed by atoms with E-state index >= 15 is 0 Å². The highest BCUT2D eigenvalue weighted by Crippen LogP contribution is 2.37. The molecular weight excluding hydrogens is 481 g/mol. The fourth-order valence-corrected chi connectivity index (χ4v) is 3.50. The number of hydrogen-bond donors (Lipinski definition) is 2. The number of hydrogen-bond acceptors (Lipinski definition) is 9. The number of rotatable bonds is 6. The lowest BCUT2D eigenvalue weighted by Crippen LogP contribution is -2.41. The van der Waals surface area contributed by atoms with Crippen LogP contribution in [0.3, 0.4) is 0 Å². The number of alkyl halides is 3. The summed E-state index contributed by atoms with van der Waals surface area (Å²) in [5.74, 6) is 0.333. The van der Waals surface area contributed by atoms with E-state index in [1.54, 1.807) is 6.92 Å². The third-order valence-electron chi connectivity index (χ3n) is 5.04. The van der Waals surface area contributed by atoms with Gasteiger partial charge in [0, 0.05) is 11.8 Å². The maximum Gasteiger partial charge on any atom is 0.417 e. The molecule has 2 aromatic heterocycles. The van der Waals surface area contributed by atoms with Gasteiger partial charge in [-0.1, -0.05) is 16.8 Å². The van der Waals surface area contributed by atoms with Crippen LogP contribution in [0, 0.1) is 0 Å². The molecule has 180 valence electrons. The number of benzene rings is 1. The van der Waals surface area contributed by atoms with Crippen LogP contribution in [0.1, 0.15) is 31.3 Å². The molecule has 3 aromatic rings. The molecule has 0 aliphatic carbocycles. The van der Waals surface area contributed by atoms with Crippen LogP contribution < -0.4 is 10.2 Å². The van der Waals surface area contributed by atoms with E-state index in [0.29, 0.717) is 0 Å². The van der Waals surface area contributed by atoms with Crippen molar-refractivity contribution in [1.82, 2.24) is 20.1 Å². The molecule has 1 amide bonds. The van der Waals surface area contributed by atoms with Gasteiger partial charge in [-0.05, 0) is 38.1 Å². The number of nitrogens with one attached hydrogen (secondary N) is 1. The summed E-state index contributed by atoms with van der Waals surface area (Å²) in [6.07, 6.45) is -4.72. The highest BCUT2D eigenvalue weighted by Gasteiger charge is 2.38. The second-order valence-corrected chi connectivity index (χ2v) is 7.92. The van der Waals surface area contributed by atoms with Crippen molar-refractivity contribution in [3.8, 4) is 11.4 Å². The highest BCUT2D eigenvalue weighted by molar-refractivity contribution is 6.31. The number of cyclic esters (lactones) is 1. The first-order valence-corrected chi connectivity index (χ1v) is 10.4. The molecule has 1 saturated heterocycles. The van der Waals surface area contributed by atoms with Gasteiger partial charge in [-0.15, -0.1) is 0 Å². The van der Waals surface area contributed by atoms with Crippen molar-refractivity contribution < 1.29 is 32.3 Å². The summed E-state index contributed by atoms with van der Waals surface area (Å²) >= 11 is 5.65. The van der Waals surface area contributed by atoms with Gasteiger partial charge in [0.1, 0.15) is 24.5 Å².